The van der Waals surface area contributed by atoms with Crippen LogP contribution in [-0.2, 0) is 11.3 Å². The monoisotopic (exact) mass is 275 g/mol. The topological polar surface area (TPSA) is 35.6 Å². The number of rotatable bonds is 5. The number of anilines is 1. The standard InChI is InChI=1S/C16H25N3O/c1-4-7-17-11-14-5-6-15(10-13(14)2)19-9-8-18(3)16(20)12-19/h5-6,10,17H,4,7-9,11-12H2,1-3H3. The van der Waals surface area contributed by atoms with Gasteiger partial charge in [0, 0.05) is 32.4 Å². The molecule has 0 saturated carbocycles. The first-order valence-electron chi connectivity index (χ1n) is 7.41. The average Bonchev–Trinajstić information content (AvgIpc) is 2.44. The molecule has 1 aromatic rings. The summed E-state index contributed by atoms with van der Waals surface area (Å²) >= 11 is 0. The Morgan fingerprint density at radius 2 is 2.10 bits per heavy atom. The van der Waals surface area contributed by atoms with Crippen molar-refractivity contribution in [3.05, 3.63) is 29.3 Å². The minimum atomic E-state index is 0.197. The van der Waals surface area contributed by atoms with Gasteiger partial charge in [0.1, 0.15) is 0 Å². The first-order chi connectivity index (χ1) is 9.61. The first kappa shape index (κ1) is 14.9. The van der Waals surface area contributed by atoms with E-state index in [0.717, 1.165) is 38.3 Å². The van der Waals surface area contributed by atoms with E-state index in [9.17, 15) is 4.79 Å². The summed E-state index contributed by atoms with van der Waals surface area (Å²) in [7, 11) is 1.87. The second kappa shape index (κ2) is 6.75. The number of piperazine rings is 1. The molecule has 1 fully saturated rings. The quantitative estimate of drug-likeness (QED) is 0.832. The van der Waals surface area contributed by atoms with E-state index in [-0.39, 0.29) is 5.91 Å². The maximum Gasteiger partial charge on any atom is 0.241 e. The van der Waals surface area contributed by atoms with Gasteiger partial charge in [0.15, 0.2) is 0 Å². The van der Waals surface area contributed by atoms with Crippen LogP contribution in [-0.4, -0.2) is 44.0 Å². The Kier molecular flexibility index (Phi) is 5.01. The number of hydrogen-bond acceptors (Lipinski definition) is 3. The van der Waals surface area contributed by atoms with E-state index in [4.69, 9.17) is 0 Å². The molecule has 20 heavy (non-hydrogen) atoms. The van der Waals surface area contributed by atoms with Crippen molar-refractivity contribution < 1.29 is 4.79 Å². The van der Waals surface area contributed by atoms with E-state index in [1.54, 1.807) is 4.90 Å². The molecule has 1 aromatic carbocycles. The number of likely N-dealkylation sites (N-methyl/N-ethyl adjacent to an activating group) is 1. The van der Waals surface area contributed by atoms with Gasteiger partial charge in [-0.15, -0.1) is 0 Å². The summed E-state index contributed by atoms with van der Waals surface area (Å²) in [5, 5.41) is 3.43. The van der Waals surface area contributed by atoms with E-state index in [2.05, 4.69) is 42.3 Å². The van der Waals surface area contributed by atoms with Crippen molar-refractivity contribution in [2.24, 2.45) is 0 Å². The van der Waals surface area contributed by atoms with Crippen molar-refractivity contribution in [1.29, 1.82) is 0 Å². The molecule has 0 bridgehead atoms. The zero-order chi connectivity index (χ0) is 14.5. The van der Waals surface area contributed by atoms with Crippen LogP contribution in [0.4, 0.5) is 5.69 Å². The average molecular weight is 275 g/mol. The fraction of sp³-hybridized carbons (Fsp3) is 0.562. The van der Waals surface area contributed by atoms with Gasteiger partial charge in [-0.25, -0.2) is 0 Å². The minimum absolute atomic E-state index is 0.197. The fourth-order valence-electron chi connectivity index (χ4n) is 2.45. The van der Waals surface area contributed by atoms with Crippen LogP contribution in [0.15, 0.2) is 18.2 Å². The molecule has 1 heterocycles. The van der Waals surface area contributed by atoms with Crippen LogP contribution in [0.25, 0.3) is 0 Å². The summed E-state index contributed by atoms with van der Waals surface area (Å²) in [6.07, 6.45) is 1.15. The van der Waals surface area contributed by atoms with Gasteiger partial charge in [-0.1, -0.05) is 13.0 Å². The van der Waals surface area contributed by atoms with E-state index in [1.807, 2.05) is 7.05 Å². The lowest BCUT2D eigenvalue weighted by Gasteiger charge is -2.33. The third-order valence-electron chi connectivity index (χ3n) is 3.89. The Balaban J connectivity index is 2.03. The fourth-order valence-corrected chi connectivity index (χ4v) is 2.45. The molecule has 0 atom stereocenters. The highest BCUT2D eigenvalue weighted by molar-refractivity contribution is 5.82. The molecule has 4 nitrogen and oxygen atoms in total. The van der Waals surface area contributed by atoms with Crippen LogP contribution in [0.2, 0.25) is 0 Å². The molecule has 2 rings (SSSR count). The number of hydrogen-bond donors (Lipinski definition) is 1. The summed E-state index contributed by atoms with van der Waals surface area (Å²) in [5.74, 6) is 0.197. The summed E-state index contributed by atoms with van der Waals surface area (Å²) in [6, 6.07) is 6.51. The van der Waals surface area contributed by atoms with Gasteiger partial charge >= 0.3 is 0 Å². The number of aryl methyl sites for hydroxylation is 1. The van der Waals surface area contributed by atoms with Crippen molar-refractivity contribution in [2.45, 2.75) is 26.8 Å². The zero-order valence-electron chi connectivity index (χ0n) is 12.8. The molecule has 0 unspecified atom stereocenters. The maximum absolute atomic E-state index is 11.8. The van der Waals surface area contributed by atoms with Crippen molar-refractivity contribution in [3.8, 4) is 0 Å². The molecule has 1 amide bonds. The lowest BCUT2D eigenvalue weighted by atomic mass is 10.1. The summed E-state index contributed by atoms with van der Waals surface area (Å²) in [4.78, 5) is 15.7. The number of carbonyl (C=O) groups is 1. The van der Waals surface area contributed by atoms with Crippen LogP contribution in [0.5, 0.6) is 0 Å². The van der Waals surface area contributed by atoms with Crippen LogP contribution in [0, 0.1) is 6.92 Å². The van der Waals surface area contributed by atoms with E-state index in [0.29, 0.717) is 6.54 Å². The summed E-state index contributed by atoms with van der Waals surface area (Å²) in [5.41, 5.74) is 3.78. The Labute approximate surface area is 121 Å². The lowest BCUT2D eigenvalue weighted by molar-refractivity contribution is -0.129. The molecule has 0 radical (unpaired) electrons. The highest BCUT2D eigenvalue weighted by atomic mass is 16.2. The predicted octanol–water partition coefficient (Wildman–Crippen LogP) is 1.77. The van der Waals surface area contributed by atoms with Gasteiger partial charge in [-0.05, 0) is 43.1 Å². The highest BCUT2D eigenvalue weighted by Gasteiger charge is 2.21. The van der Waals surface area contributed by atoms with Gasteiger partial charge in [-0.3, -0.25) is 4.79 Å². The number of nitrogens with zero attached hydrogens (tertiary/aromatic N) is 2. The number of nitrogens with one attached hydrogen (secondary N) is 1. The smallest absolute Gasteiger partial charge is 0.241 e. The van der Waals surface area contributed by atoms with Crippen LogP contribution >= 0.6 is 0 Å². The van der Waals surface area contributed by atoms with Gasteiger partial charge in [-0.2, -0.15) is 0 Å². The number of carbonyl (C=O) groups excluding carboxylic acids is 1. The van der Waals surface area contributed by atoms with Gasteiger partial charge in [0.05, 0.1) is 6.54 Å². The third-order valence-corrected chi connectivity index (χ3v) is 3.89. The normalized spacial score (nSPS) is 15.8. The Morgan fingerprint density at radius 3 is 2.75 bits per heavy atom. The Hall–Kier alpha value is -1.55. The second-order valence-corrected chi connectivity index (χ2v) is 5.52. The maximum atomic E-state index is 11.8. The molecule has 1 N–H and O–H groups in total. The number of benzene rings is 1. The molecular formula is C16H25N3O. The Morgan fingerprint density at radius 1 is 1.30 bits per heavy atom. The molecule has 0 aliphatic carbocycles. The third kappa shape index (κ3) is 3.51. The molecule has 1 aliphatic rings. The molecule has 110 valence electrons. The molecule has 4 heteroatoms. The van der Waals surface area contributed by atoms with Gasteiger partial charge in [0.2, 0.25) is 5.91 Å². The largest absolute Gasteiger partial charge is 0.360 e. The van der Waals surface area contributed by atoms with Crippen molar-refractivity contribution in [3.63, 3.8) is 0 Å². The van der Waals surface area contributed by atoms with E-state index >= 15 is 0 Å². The molecule has 1 aliphatic heterocycles. The van der Waals surface area contributed by atoms with Crippen molar-refractivity contribution in [2.75, 3.05) is 38.1 Å². The Bertz CT molecular complexity index is 473. The number of amides is 1. The van der Waals surface area contributed by atoms with Gasteiger partial charge < -0.3 is 15.1 Å². The molecule has 0 aromatic heterocycles. The van der Waals surface area contributed by atoms with Crippen LogP contribution < -0.4 is 10.2 Å². The summed E-state index contributed by atoms with van der Waals surface area (Å²) in [6.45, 7) is 8.49. The molecule has 0 spiro atoms. The van der Waals surface area contributed by atoms with Crippen LogP contribution in [0.1, 0.15) is 24.5 Å². The molecule has 1 saturated heterocycles. The summed E-state index contributed by atoms with van der Waals surface area (Å²) < 4.78 is 0. The first-order valence-corrected chi connectivity index (χ1v) is 7.41. The van der Waals surface area contributed by atoms with Crippen LogP contribution in [0.3, 0.4) is 0 Å². The predicted molar refractivity (Wildman–Crippen MR) is 83.0 cm³/mol. The molecular weight excluding hydrogens is 250 g/mol. The van der Waals surface area contributed by atoms with E-state index in [1.165, 1.54) is 11.1 Å². The zero-order valence-corrected chi connectivity index (χ0v) is 12.8. The minimum Gasteiger partial charge on any atom is -0.360 e. The van der Waals surface area contributed by atoms with E-state index < -0.39 is 0 Å². The second-order valence-electron chi connectivity index (χ2n) is 5.52. The SMILES string of the molecule is CCCNCc1ccc(N2CCN(C)C(=O)C2)cc1C. The highest BCUT2D eigenvalue weighted by Crippen LogP contribution is 2.20. The van der Waals surface area contributed by atoms with Crippen molar-refractivity contribution in [1.82, 2.24) is 10.2 Å². The lowest BCUT2D eigenvalue weighted by Crippen LogP contribution is -2.48. The van der Waals surface area contributed by atoms with Crippen molar-refractivity contribution >= 4 is 11.6 Å². The van der Waals surface area contributed by atoms with Gasteiger partial charge in [0.25, 0.3) is 0 Å².